The van der Waals surface area contributed by atoms with Crippen LogP contribution in [0.15, 0.2) is 60.2 Å². The fourth-order valence-corrected chi connectivity index (χ4v) is 3.28. The van der Waals surface area contributed by atoms with Crippen molar-refractivity contribution in [1.29, 1.82) is 0 Å². The third-order valence-electron chi connectivity index (χ3n) is 3.69. The molecule has 0 radical (unpaired) electrons. The molecule has 3 aromatic rings. The molecule has 5 heteroatoms. The predicted octanol–water partition coefficient (Wildman–Crippen LogP) is 4.62. The Kier molecular flexibility index (Phi) is 4.57. The monoisotopic (exact) mass is 328 g/mol. The molecule has 0 fully saturated rings. The molecule has 3 rings (SSSR count). The van der Waals surface area contributed by atoms with Gasteiger partial charge in [0.05, 0.1) is 12.5 Å². The molecule has 2 heterocycles. The zero-order valence-corrected chi connectivity index (χ0v) is 13.5. The largest absolute Gasteiger partial charge is 0.346 e. The number of halogens is 1. The summed E-state index contributed by atoms with van der Waals surface area (Å²) >= 11 is 1.62. The fraction of sp³-hybridized carbons (Fsp3) is 0.167. The van der Waals surface area contributed by atoms with Crippen LogP contribution in [-0.2, 0) is 4.79 Å². The van der Waals surface area contributed by atoms with Crippen molar-refractivity contribution in [3.05, 3.63) is 76.5 Å². The van der Waals surface area contributed by atoms with Crippen LogP contribution in [0.3, 0.4) is 0 Å². The van der Waals surface area contributed by atoms with Gasteiger partial charge in [-0.3, -0.25) is 4.79 Å². The van der Waals surface area contributed by atoms with Gasteiger partial charge >= 0.3 is 0 Å². The number of carbonyl (C=O) groups is 1. The number of aromatic nitrogens is 1. The maximum atomic E-state index is 13.6. The van der Waals surface area contributed by atoms with Gasteiger partial charge in [0, 0.05) is 23.0 Å². The fourth-order valence-electron chi connectivity index (χ4n) is 2.45. The molecule has 0 aliphatic heterocycles. The van der Waals surface area contributed by atoms with Crippen molar-refractivity contribution in [2.75, 3.05) is 5.32 Å². The summed E-state index contributed by atoms with van der Waals surface area (Å²) in [6.07, 6.45) is 4.19. The zero-order chi connectivity index (χ0) is 16.2. The summed E-state index contributed by atoms with van der Waals surface area (Å²) in [6, 6.07) is 12.5. The molecule has 0 saturated carbocycles. The van der Waals surface area contributed by atoms with Crippen LogP contribution in [0.25, 0.3) is 0 Å². The number of anilines is 1. The van der Waals surface area contributed by atoms with Gasteiger partial charge in [-0.05, 0) is 48.2 Å². The van der Waals surface area contributed by atoms with Crippen LogP contribution in [0.5, 0.6) is 0 Å². The number of nitrogens with zero attached hydrogens (tertiary/aromatic N) is 1. The Bertz CT molecular complexity index is 747. The second-order valence-electron chi connectivity index (χ2n) is 5.38. The molecule has 1 aromatic carbocycles. The Morgan fingerprint density at radius 2 is 2.04 bits per heavy atom. The maximum absolute atomic E-state index is 13.6. The number of thiophene rings is 1. The molecular weight excluding hydrogens is 311 g/mol. The number of aryl methyl sites for hydroxylation is 1. The van der Waals surface area contributed by atoms with Crippen LogP contribution >= 0.6 is 11.3 Å². The third-order valence-corrected chi connectivity index (χ3v) is 4.67. The Balaban J connectivity index is 1.75. The first-order chi connectivity index (χ1) is 11.1. The number of nitrogens with one attached hydrogen (secondary N) is 1. The van der Waals surface area contributed by atoms with Crippen LogP contribution in [0.2, 0.25) is 0 Å². The lowest BCUT2D eigenvalue weighted by Gasteiger charge is -2.17. The highest BCUT2D eigenvalue weighted by Crippen LogP contribution is 2.27. The van der Waals surface area contributed by atoms with Gasteiger partial charge in [0.15, 0.2) is 0 Å². The summed E-state index contributed by atoms with van der Waals surface area (Å²) in [6.45, 7) is 1.69. The SMILES string of the molecule is Cc1ccc(NC(=O)CC(c2cccs2)n2cccc2)cc1F. The van der Waals surface area contributed by atoms with E-state index in [2.05, 4.69) is 5.32 Å². The van der Waals surface area contributed by atoms with Crippen molar-refractivity contribution in [3.63, 3.8) is 0 Å². The molecule has 1 N–H and O–H groups in total. The first-order valence-electron chi connectivity index (χ1n) is 7.35. The van der Waals surface area contributed by atoms with Crippen molar-refractivity contribution in [2.24, 2.45) is 0 Å². The van der Waals surface area contributed by atoms with Crippen molar-refractivity contribution in [3.8, 4) is 0 Å². The van der Waals surface area contributed by atoms with Crippen LogP contribution in [0.1, 0.15) is 22.9 Å². The first-order valence-corrected chi connectivity index (χ1v) is 8.23. The lowest BCUT2D eigenvalue weighted by Crippen LogP contribution is -2.19. The van der Waals surface area contributed by atoms with Crippen LogP contribution in [0, 0.1) is 12.7 Å². The minimum atomic E-state index is -0.317. The predicted molar refractivity (Wildman–Crippen MR) is 91.3 cm³/mol. The summed E-state index contributed by atoms with van der Waals surface area (Å²) in [5.74, 6) is -0.455. The first kappa shape index (κ1) is 15.5. The second kappa shape index (κ2) is 6.79. The van der Waals surface area contributed by atoms with Crippen molar-refractivity contribution in [2.45, 2.75) is 19.4 Å². The highest BCUT2D eigenvalue weighted by Gasteiger charge is 2.18. The summed E-state index contributed by atoms with van der Waals surface area (Å²) in [4.78, 5) is 13.5. The molecule has 1 atom stereocenters. The topological polar surface area (TPSA) is 34.0 Å². The van der Waals surface area contributed by atoms with Crippen LogP contribution in [-0.4, -0.2) is 10.5 Å². The molecular formula is C18H17FN2OS. The van der Waals surface area contributed by atoms with E-state index < -0.39 is 0 Å². The Morgan fingerprint density at radius 1 is 1.26 bits per heavy atom. The molecule has 1 unspecified atom stereocenters. The van der Waals surface area contributed by atoms with Gasteiger partial charge < -0.3 is 9.88 Å². The standard InChI is InChI=1S/C18H17FN2OS/c1-13-6-7-14(11-15(13)19)20-18(22)12-16(17-5-4-10-23-17)21-8-2-3-9-21/h2-11,16H,12H2,1H3,(H,20,22). The molecule has 23 heavy (non-hydrogen) atoms. The van der Waals surface area contributed by atoms with Crippen molar-refractivity contribution >= 4 is 22.9 Å². The Morgan fingerprint density at radius 3 is 2.70 bits per heavy atom. The molecule has 1 amide bonds. The minimum absolute atomic E-state index is 0.0553. The van der Waals surface area contributed by atoms with Crippen molar-refractivity contribution in [1.82, 2.24) is 4.57 Å². The van der Waals surface area contributed by atoms with Gasteiger partial charge in [0.2, 0.25) is 5.91 Å². The summed E-state index contributed by atoms with van der Waals surface area (Å²) in [7, 11) is 0. The van der Waals surface area contributed by atoms with Gasteiger partial charge in [0.1, 0.15) is 5.82 Å². The van der Waals surface area contributed by atoms with Crippen LogP contribution in [0.4, 0.5) is 10.1 Å². The molecule has 2 aromatic heterocycles. The maximum Gasteiger partial charge on any atom is 0.226 e. The summed E-state index contributed by atoms with van der Waals surface area (Å²) < 4.78 is 15.6. The van der Waals surface area contributed by atoms with E-state index in [1.165, 1.54) is 6.07 Å². The normalized spacial score (nSPS) is 12.1. The molecule has 0 saturated heterocycles. The molecule has 0 bridgehead atoms. The lowest BCUT2D eigenvalue weighted by atomic mass is 10.1. The van der Waals surface area contributed by atoms with Gasteiger partial charge in [-0.25, -0.2) is 4.39 Å². The number of carbonyl (C=O) groups excluding carboxylic acids is 1. The molecule has 0 aliphatic rings. The van der Waals surface area contributed by atoms with E-state index in [1.54, 1.807) is 30.4 Å². The van der Waals surface area contributed by atoms with Gasteiger partial charge in [-0.1, -0.05) is 12.1 Å². The average Bonchev–Trinajstić information content (AvgIpc) is 3.21. The summed E-state index contributed by atoms with van der Waals surface area (Å²) in [5, 5.41) is 4.78. The van der Waals surface area contributed by atoms with E-state index in [1.807, 2.05) is 46.6 Å². The van der Waals surface area contributed by atoms with Crippen molar-refractivity contribution < 1.29 is 9.18 Å². The van der Waals surface area contributed by atoms with E-state index in [4.69, 9.17) is 0 Å². The number of hydrogen-bond acceptors (Lipinski definition) is 2. The van der Waals surface area contributed by atoms with E-state index in [-0.39, 0.29) is 17.8 Å². The Hall–Kier alpha value is -2.40. The Labute approximate surface area is 138 Å². The smallest absolute Gasteiger partial charge is 0.226 e. The molecule has 0 aliphatic carbocycles. The minimum Gasteiger partial charge on any atom is -0.346 e. The number of amides is 1. The van der Waals surface area contributed by atoms with E-state index >= 15 is 0 Å². The van der Waals surface area contributed by atoms with Gasteiger partial charge in [0.25, 0.3) is 0 Å². The highest BCUT2D eigenvalue weighted by molar-refractivity contribution is 7.10. The number of rotatable bonds is 5. The van der Waals surface area contributed by atoms with Crippen LogP contribution < -0.4 is 5.32 Å². The highest BCUT2D eigenvalue weighted by atomic mass is 32.1. The third kappa shape index (κ3) is 3.68. The zero-order valence-electron chi connectivity index (χ0n) is 12.7. The number of benzene rings is 1. The lowest BCUT2D eigenvalue weighted by molar-refractivity contribution is -0.116. The quantitative estimate of drug-likeness (QED) is 0.729. The molecule has 118 valence electrons. The number of hydrogen-bond donors (Lipinski definition) is 1. The second-order valence-corrected chi connectivity index (χ2v) is 6.36. The van der Waals surface area contributed by atoms with E-state index in [0.717, 1.165) is 4.88 Å². The summed E-state index contributed by atoms with van der Waals surface area (Å²) in [5.41, 5.74) is 1.04. The van der Waals surface area contributed by atoms with Gasteiger partial charge in [-0.15, -0.1) is 11.3 Å². The van der Waals surface area contributed by atoms with E-state index in [0.29, 0.717) is 17.7 Å². The van der Waals surface area contributed by atoms with Gasteiger partial charge in [-0.2, -0.15) is 0 Å². The molecule has 3 nitrogen and oxygen atoms in total. The van der Waals surface area contributed by atoms with E-state index in [9.17, 15) is 9.18 Å². The average molecular weight is 328 g/mol. The molecule has 0 spiro atoms.